The van der Waals surface area contributed by atoms with Crippen LogP contribution in [-0.2, 0) is 11.3 Å². The molecule has 0 N–H and O–H groups in total. The van der Waals surface area contributed by atoms with Crippen LogP contribution in [0, 0.1) is 13.8 Å². The summed E-state index contributed by atoms with van der Waals surface area (Å²) in [5, 5.41) is 9.22. The van der Waals surface area contributed by atoms with Crippen LogP contribution in [0.5, 0.6) is 0 Å². The summed E-state index contributed by atoms with van der Waals surface area (Å²) < 4.78 is 7.35. The number of benzene rings is 3. The number of nitrogens with zero attached hydrogens (tertiary/aromatic N) is 4. The molecule has 0 aliphatic carbocycles. The Labute approximate surface area is 191 Å². The number of carbonyl (C=O) groups excluding carboxylic acids is 1. The minimum absolute atomic E-state index is 0.0190. The normalized spacial score (nSPS) is 11.0. The molecule has 6 nitrogen and oxygen atoms in total. The predicted molar refractivity (Wildman–Crippen MR) is 127 cm³/mol. The Morgan fingerprint density at radius 1 is 0.909 bits per heavy atom. The molecule has 0 radical (unpaired) electrons. The van der Waals surface area contributed by atoms with Crippen LogP contribution in [0.15, 0.2) is 85.1 Å². The first-order valence-corrected chi connectivity index (χ1v) is 10.7. The third kappa shape index (κ3) is 4.11. The molecule has 162 valence electrons. The summed E-state index contributed by atoms with van der Waals surface area (Å²) in [4.78, 5) is 17.9. The van der Waals surface area contributed by atoms with Crippen molar-refractivity contribution in [2.45, 2.75) is 20.5 Å². The van der Waals surface area contributed by atoms with Crippen molar-refractivity contribution in [2.75, 3.05) is 0 Å². The van der Waals surface area contributed by atoms with Gasteiger partial charge in [-0.25, -0.2) is 9.48 Å². The highest BCUT2D eigenvalue weighted by Crippen LogP contribution is 2.33. The Morgan fingerprint density at radius 2 is 1.64 bits per heavy atom. The van der Waals surface area contributed by atoms with Crippen molar-refractivity contribution in [2.24, 2.45) is 0 Å². The molecule has 6 heteroatoms. The van der Waals surface area contributed by atoms with Gasteiger partial charge in [0.05, 0.1) is 28.7 Å². The van der Waals surface area contributed by atoms with Crippen LogP contribution in [0.3, 0.4) is 0 Å². The van der Waals surface area contributed by atoms with E-state index in [1.807, 2.05) is 92.7 Å². The summed E-state index contributed by atoms with van der Waals surface area (Å²) in [6.45, 7) is 3.89. The lowest BCUT2D eigenvalue weighted by molar-refractivity contribution is 0.0467. The zero-order valence-corrected chi connectivity index (χ0v) is 18.4. The van der Waals surface area contributed by atoms with Crippen molar-refractivity contribution < 1.29 is 9.53 Å². The van der Waals surface area contributed by atoms with Crippen molar-refractivity contribution in [3.05, 3.63) is 108 Å². The fourth-order valence-electron chi connectivity index (χ4n) is 3.89. The summed E-state index contributed by atoms with van der Waals surface area (Å²) in [7, 11) is 0. The second-order valence-electron chi connectivity index (χ2n) is 7.90. The number of hydrogen-bond donors (Lipinski definition) is 0. The molecule has 0 amide bonds. The van der Waals surface area contributed by atoms with E-state index in [0.717, 1.165) is 27.7 Å². The van der Waals surface area contributed by atoms with Gasteiger partial charge in [0.1, 0.15) is 12.3 Å². The number of rotatable bonds is 5. The smallest absolute Gasteiger partial charge is 0.341 e. The first kappa shape index (κ1) is 20.6. The van der Waals surface area contributed by atoms with Crippen LogP contribution in [0.1, 0.15) is 27.3 Å². The maximum atomic E-state index is 13.3. The first-order valence-electron chi connectivity index (χ1n) is 10.7. The van der Waals surface area contributed by atoms with Crippen molar-refractivity contribution >= 4 is 16.9 Å². The Hall–Kier alpha value is -4.32. The number of para-hydroxylation sites is 1. The van der Waals surface area contributed by atoms with Crippen LogP contribution >= 0.6 is 0 Å². The number of ether oxygens (including phenoxy) is 1. The highest BCUT2D eigenvalue weighted by molar-refractivity contribution is 6.07. The number of pyridine rings is 1. The largest absolute Gasteiger partial charge is 0.455 e. The zero-order valence-electron chi connectivity index (χ0n) is 18.4. The molecule has 0 saturated carbocycles. The van der Waals surface area contributed by atoms with E-state index in [2.05, 4.69) is 15.3 Å². The monoisotopic (exact) mass is 434 g/mol. The van der Waals surface area contributed by atoms with Crippen molar-refractivity contribution in [1.82, 2.24) is 20.0 Å². The highest BCUT2D eigenvalue weighted by atomic mass is 16.5. The van der Waals surface area contributed by atoms with Gasteiger partial charge >= 0.3 is 5.97 Å². The van der Waals surface area contributed by atoms with E-state index in [1.54, 1.807) is 10.9 Å². The number of esters is 1. The fourth-order valence-corrected chi connectivity index (χ4v) is 3.89. The topological polar surface area (TPSA) is 69.9 Å². The van der Waals surface area contributed by atoms with E-state index in [0.29, 0.717) is 17.0 Å². The number of aryl methyl sites for hydroxylation is 2. The average molecular weight is 434 g/mol. The SMILES string of the molecule is Cc1ccc(-n2cc(COC(=O)c3c(C)nc4ccccc4c3-c3ccccc3)nn2)cc1. The Balaban J connectivity index is 1.46. The van der Waals surface area contributed by atoms with Crippen LogP contribution < -0.4 is 0 Å². The van der Waals surface area contributed by atoms with E-state index < -0.39 is 5.97 Å². The van der Waals surface area contributed by atoms with Gasteiger partial charge in [-0.05, 0) is 37.6 Å². The summed E-state index contributed by atoms with van der Waals surface area (Å²) in [6.07, 6.45) is 1.77. The molecule has 5 aromatic rings. The van der Waals surface area contributed by atoms with Crippen LogP contribution in [0.2, 0.25) is 0 Å². The number of fused-ring (bicyclic) bond motifs is 1. The maximum absolute atomic E-state index is 13.3. The third-order valence-corrected chi connectivity index (χ3v) is 5.53. The van der Waals surface area contributed by atoms with Gasteiger partial charge in [-0.1, -0.05) is 71.4 Å². The first-order chi connectivity index (χ1) is 16.1. The lowest BCUT2D eigenvalue weighted by Gasteiger charge is -2.15. The van der Waals surface area contributed by atoms with Crippen LogP contribution in [0.4, 0.5) is 0 Å². The number of aromatic nitrogens is 4. The molecule has 0 aliphatic heterocycles. The van der Waals surface area contributed by atoms with Crippen molar-refractivity contribution in [3.8, 4) is 16.8 Å². The second kappa shape index (κ2) is 8.67. The summed E-state index contributed by atoms with van der Waals surface area (Å²) in [5.41, 5.74) is 6.33. The third-order valence-electron chi connectivity index (χ3n) is 5.53. The molecule has 0 atom stereocenters. The van der Waals surface area contributed by atoms with Gasteiger partial charge in [-0.2, -0.15) is 0 Å². The molecule has 3 aromatic carbocycles. The molecule has 0 bridgehead atoms. The van der Waals surface area contributed by atoms with E-state index in [9.17, 15) is 4.79 Å². The van der Waals surface area contributed by atoms with Gasteiger partial charge in [-0.15, -0.1) is 5.10 Å². The standard InChI is InChI=1S/C27H22N4O2/c1-18-12-14-22(15-13-18)31-16-21(29-30-31)17-33-27(32)25-19(2)28-24-11-7-6-10-23(24)26(25)20-8-4-3-5-9-20/h3-16H,17H2,1-2H3. The Morgan fingerprint density at radius 3 is 2.42 bits per heavy atom. The molecule has 2 heterocycles. The van der Waals surface area contributed by atoms with Gasteiger partial charge in [0.15, 0.2) is 0 Å². The molecule has 0 fully saturated rings. The van der Waals surface area contributed by atoms with Crippen LogP contribution in [-0.4, -0.2) is 25.9 Å². The van der Waals surface area contributed by atoms with Gasteiger partial charge in [0.25, 0.3) is 0 Å². The predicted octanol–water partition coefficient (Wildman–Crippen LogP) is 5.46. The summed E-state index contributed by atoms with van der Waals surface area (Å²) >= 11 is 0. The quantitative estimate of drug-likeness (QED) is 0.344. The van der Waals surface area contributed by atoms with Gasteiger partial charge in [0, 0.05) is 10.9 Å². The minimum Gasteiger partial charge on any atom is -0.455 e. The lowest BCUT2D eigenvalue weighted by Crippen LogP contribution is -2.11. The van der Waals surface area contributed by atoms with E-state index in [4.69, 9.17) is 4.74 Å². The van der Waals surface area contributed by atoms with Crippen molar-refractivity contribution in [1.29, 1.82) is 0 Å². The van der Waals surface area contributed by atoms with E-state index >= 15 is 0 Å². The summed E-state index contributed by atoms with van der Waals surface area (Å²) in [5.74, 6) is -0.436. The number of hydrogen-bond acceptors (Lipinski definition) is 5. The molecule has 0 unspecified atom stereocenters. The number of carbonyl (C=O) groups is 1. The van der Waals surface area contributed by atoms with Gasteiger partial charge < -0.3 is 4.74 Å². The second-order valence-corrected chi connectivity index (χ2v) is 7.90. The maximum Gasteiger partial charge on any atom is 0.341 e. The Bertz CT molecular complexity index is 1440. The molecule has 33 heavy (non-hydrogen) atoms. The zero-order chi connectivity index (χ0) is 22.8. The average Bonchev–Trinajstić information content (AvgIpc) is 3.32. The summed E-state index contributed by atoms with van der Waals surface area (Å²) in [6, 6.07) is 25.6. The fraction of sp³-hybridized carbons (Fsp3) is 0.111. The molecule has 0 spiro atoms. The van der Waals surface area contributed by atoms with Gasteiger partial charge in [-0.3, -0.25) is 4.98 Å². The highest BCUT2D eigenvalue weighted by Gasteiger charge is 2.22. The molecular weight excluding hydrogens is 412 g/mol. The molecule has 2 aromatic heterocycles. The van der Waals surface area contributed by atoms with E-state index in [1.165, 1.54) is 5.56 Å². The van der Waals surface area contributed by atoms with Crippen molar-refractivity contribution in [3.63, 3.8) is 0 Å². The van der Waals surface area contributed by atoms with Gasteiger partial charge in [0.2, 0.25) is 0 Å². The molecule has 5 rings (SSSR count). The lowest BCUT2D eigenvalue weighted by atomic mass is 9.94. The molecular formula is C27H22N4O2. The molecule has 0 aliphatic rings. The molecule has 0 saturated heterocycles. The minimum atomic E-state index is -0.436. The van der Waals surface area contributed by atoms with E-state index in [-0.39, 0.29) is 6.61 Å². The Kier molecular flexibility index (Phi) is 5.40. The van der Waals surface area contributed by atoms with Crippen LogP contribution in [0.25, 0.3) is 27.7 Å².